The molecule has 2 heterocycles. The highest BCUT2D eigenvalue weighted by Crippen LogP contribution is 2.34. The number of thioether (sulfide) groups is 1. The molecular weight excluding hydrogens is 228 g/mol. The molecule has 2 atom stereocenters. The molecule has 1 aliphatic heterocycles. The summed E-state index contributed by atoms with van der Waals surface area (Å²) >= 11 is 2.01. The van der Waals surface area contributed by atoms with E-state index in [4.69, 9.17) is 5.73 Å². The number of nitrogens with two attached hydrogens (primary N) is 1. The van der Waals surface area contributed by atoms with Crippen LogP contribution in [0.15, 0.2) is 36.5 Å². The van der Waals surface area contributed by atoms with Gasteiger partial charge in [-0.15, -0.1) is 0 Å². The van der Waals surface area contributed by atoms with Gasteiger partial charge >= 0.3 is 0 Å². The van der Waals surface area contributed by atoms with Crippen molar-refractivity contribution in [2.75, 3.05) is 11.5 Å². The van der Waals surface area contributed by atoms with Crippen LogP contribution in [0.1, 0.15) is 18.0 Å². The van der Waals surface area contributed by atoms with Gasteiger partial charge in [-0.2, -0.15) is 11.8 Å². The maximum absolute atomic E-state index is 6.41. The van der Waals surface area contributed by atoms with Crippen LogP contribution in [0.4, 0.5) is 0 Å². The van der Waals surface area contributed by atoms with E-state index in [-0.39, 0.29) is 6.04 Å². The van der Waals surface area contributed by atoms with Crippen LogP contribution in [0.5, 0.6) is 0 Å². The Morgan fingerprint density at radius 2 is 2.18 bits per heavy atom. The quantitative estimate of drug-likeness (QED) is 0.882. The summed E-state index contributed by atoms with van der Waals surface area (Å²) in [4.78, 5) is 4.49. The minimum atomic E-state index is 0.128. The van der Waals surface area contributed by atoms with E-state index < -0.39 is 0 Å². The number of hydrogen-bond donors (Lipinski definition) is 1. The fourth-order valence-corrected chi connectivity index (χ4v) is 3.80. The van der Waals surface area contributed by atoms with Crippen molar-refractivity contribution < 1.29 is 0 Å². The lowest BCUT2D eigenvalue weighted by atomic mass is 9.92. The van der Waals surface area contributed by atoms with E-state index in [9.17, 15) is 0 Å². The van der Waals surface area contributed by atoms with E-state index in [2.05, 4.69) is 29.2 Å². The molecule has 1 saturated heterocycles. The molecule has 3 heteroatoms. The second-order valence-electron chi connectivity index (χ2n) is 4.57. The first-order valence-electron chi connectivity index (χ1n) is 6.03. The lowest BCUT2D eigenvalue weighted by Crippen LogP contribution is -2.21. The number of aromatic nitrogens is 1. The first-order valence-corrected chi connectivity index (χ1v) is 7.19. The maximum Gasteiger partial charge on any atom is 0.0749 e. The average molecular weight is 244 g/mol. The van der Waals surface area contributed by atoms with Crippen LogP contribution >= 0.6 is 11.8 Å². The number of pyridine rings is 1. The topological polar surface area (TPSA) is 38.9 Å². The molecule has 0 radical (unpaired) electrons. The van der Waals surface area contributed by atoms with Crippen LogP contribution in [-0.4, -0.2) is 16.5 Å². The highest BCUT2D eigenvalue weighted by atomic mass is 32.2. The molecule has 0 saturated carbocycles. The zero-order valence-electron chi connectivity index (χ0n) is 9.67. The SMILES string of the molecule is NC(c1cccc2cccnc12)C1CCSC1. The molecule has 2 aromatic rings. The summed E-state index contributed by atoms with van der Waals surface area (Å²) in [7, 11) is 0. The standard InChI is InChI=1S/C14H16N2S/c15-13(11-6-8-17-9-11)12-5-1-3-10-4-2-7-16-14(10)12/h1-5,7,11,13H,6,8-9,15H2. The normalized spacial score (nSPS) is 21.8. The van der Waals surface area contributed by atoms with Crippen molar-refractivity contribution in [2.45, 2.75) is 12.5 Å². The van der Waals surface area contributed by atoms with Crippen molar-refractivity contribution in [1.29, 1.82) is 0 Å². The van der Waals surface area contributed by atoms with Gasteiger partial charge < -0.3 is 5.73 Å². The van der Waals surface area contributed by atoms with Crippen LogP contribution in [0.2, 0.25) is 0 Å². The van der Waals surface area contributed by atoms with Crippen LogP contribution in [0, 0.1) is 5.92 Å². The molecule has 3 rings (SSSR count). The van der Waals surface area contributed by atoms with Crippen molar-refractivity contribution in [2.24, 2.45) is 11.7 Å². The molecule has 1 fully saturated rings. The van der Waals surface area contributed by atoms with E-state index in [1.807, 2.05) is 24.0 Å². The van der Waals surface area contributed by atoms with Gasteiger partial charge in [0.15, 0.2) is 0 Å². The molecule has 0 aliphatic carbocycles. The van der Waals surface area contributed by atoms with Crippen LogP contribution in [-0.2, 0) is 0 Å². The Morgan fingerprint density at radius 1 is 1.29 bits per heavy atom. The average Bonchev–Trinajstić information content (AvgIpc) is 2.91. The number of benzene rings is 1. The van der Waals surface area contributed by atoms with E-state index >= 15 is 0 Å². The summed E-state index contributed by atoms with van der Waals surface area (Å²) in [6.07, 6.45) is 3.08. The fraction of sp³-hybridized carbons (Fsp3) is 0.357. The van der Waals surface area contributed by atoms with Crippen molar-refractivity contribution in [3.8, 4) is 0 Å². The summed E-state index contributed by atoms with van der Waals surface area (Å²) in [6, 6.07) is 10.5. The summed E-state index contributed by atoms with van der Waals surface area (Å²) in [6.45, 7) is 0. The highest BCUT2D eigenvalue weighted by Gasteiger charge is 2.25. The molecule has 2 N–H and O–H groups in total. The number of rotatable bonds is 2. The molecule has 88 valence electrons. The third-order valence-corrected chi connectivity index (χ3v) is 4.68. The van der Waals surface area contributed by atoms with Gasteiger partial charge in [-0.25, -0.2) is 0 Å². The van der Waals surface area contributed by atoms with Crippen LogP contribution in [0.3, 0.4) is 0 Å². The van der Waals surface area contributed by atoms with Gasteiger partial charge in [-0.3, -0.25) is 4.98 Å². The lowest BCUT2D eigenvalue weighted by Gasteiger charge is -2.19. The van der Waals surface area contributed by atoms with E-state index in [1.54, 1.807) is 0 Å². The Labute approximate surface area is 106 Å². The number of nitrogens with zero attached hydrogens (tertiary/aromatic N) is 1. The zero-order valence-corrected chi connectivity index (χ0v) is 10.5. The molecular formula is C14H16N2S. The zero-order chi connectivity index (χ0) is 11.7. The third-order valence-electron chi connectivity index (χ3n) is 3.50. The van der Waals surface area contributed by atoms with Gasteiger partial charge in [-0.1, -0.05) is 24.3 Å². The minimum Gasteiger partial charge on any atom is -0.324 e. The second-order valence-corrected chi connectivity index (χ2v) is 5.72. The van der Waals surface area contributed by atoms with Crippen LogP contribution in [0.25, 0.3) is 10.9 Å². The van der Waals surface area contributed by atoms with Gasteiger partial charge in [0.05, 0.1) is 5.52 Å². The Bertz CT molecular complexity index is 515. The molecule has 1 aliphatic rings. The van der Waals surface area contributed by atoms with Gasteiger partial charge in [0.2, 0.25) is 0 Å². The summed E-state index contributed by atoms with van der Waals surface area (Å²) in [5.74, 6) is 3.04. The molecule has 0 spiro atoms. The number of fused-ring (bicyclic) bond motifs is 1. The largest absolute Gasteiger partial charge is 0.324 e. The summed E-state index contributed by atoms with van der Waals surface area (Å²) in [5.41, 5.74) is 8.69. The van der Waals surface area contributed by atoms with Crippen LogP contribution < -0.4 is 5.73 Å². The summed E-state index contributed by atoms with van der Waals surface area (Å²) in [5, 5.41) is 1.19. The monoisotopic (exact) mass is 244 g/mol. The minimum absolute atomic E-state index is 0.128. The smallest absolute Gasteiger partial charge is 0.0749 e. The van der Waals surface area contributed by atoms with Crippen molar-refractivity contribution in [1.82, 2.24) is 4.98 Å². The van der Waals surface area contributed by atoms with Gasteiger partial charge in [0, 0.05) is 17.6 Å². The van der Waals surface area contributed by atoms with E-state index in [1.165, 1.54) is 28.9 Å². The molecule has 0 bridgehead atoms. The van der Waals surface area contributed by atoms with E-state index in [0.717, 1.165) is 5.52 Å². The Balaban J connectivity index is 2.04. The highest BCUT2D eigenvalue weighted by molar-refractivity contribution is 7.99. The van der Waals surface area contributed by atoms with Gasteiger partial charge in [0.25, 0.3) is 0 Å². The second kappa shape index (κ2) is 4.67. The first-order chi connectivity index (χ1) is 8.36. The predicted molar refractivity (Wildman–Crippen MR) is 74.1 cm³/mol. The number of hydrogen-bond acceptors (Lipinski definition) is 3. The first kappa shape index (κ1) is 11.1. The van der Waals surface area contributed by atoms with Gasteiger partial charge in [-0.05, 0) is 35.5 Å². The molecule has 1 aromatic heterocycles. The molecule has 1 aromatic carbocycles. The fourth-order valence-electron chi connectivity index (χ4n) is 2.49. The molecule has 17 heavy (non-hydrogen) atoms. The van der Waals surface area contributed by atoms with E-state index in [0.29, 0.717) is 5.92 Å². The molecule has 2 nitrogen and oxygen atoms in total. The van der Waals surface area contributed by atoms with Gasteiger partial charge in [0.1, 0.15) is 0 Å². The lowest BCUT2D eigenvalue weighted by molar-refractivity contribution is 0.484. The van der Waals surface area contributed by atoms with Crippen molar-refractivity contribution in [3.63, 3.8) is 0 Å². The third kappa shape index (κ3) is 2.05. The maximum atomic E-state index is 6.41. The number of para-hydroxylation sites is 1. The molecule has 0 amide bonds. The Hall–Kier alpha value is -1.06. The van der Waals surface area contributed by atoms with Crippen molar-refractivity contribution in [3.05, 3.63) is 42.1 Å². The Kier molecular flexibility index (Phi) is 3.04. The van der Waals surface area contributed by atoms with Crippen molar-refractivity contribution >= 4 is 22.7 Å². The Morgan fingerprint density at radius 3 is 3.00 bits per heavy atom. The molecule has 2 unspecified atom stereocenters. The summed E-state index contributed by atoms with van der Waals surface area (Å²) < 4.78 is 0. The predicted octanol–water partition coefficient (Wildman–Crippen LogP) is 2.99.